The fourth-order valence-corrected chi connectivity index (χ4v) is 4.12. The highest BCUT2D eigenvalue weighted by atomic mass is 35.7. The average molecular weight is 356 g/mol. The smallest absolute Gasteiger partial charge is 0.306 e. The number of fused-ring (bicyclic) bond motifs is 1. The maximum absolute atomic E-state index is 12.6. The van der Waals surface area contributed by atoms with E-state index in [0.29, 0.717) is 24.8 Å². The lowest BCUT2D eigenvalue weighted by Crippen LogP contribution is -2.39. The molecule has 0 saturated heterocycles. The van der Waals surface area contributed by atoms with Gasteiger partial charge in [-0.25, -0.2) is 8.42 Å². The monoisotopic (exact) mass is 355 g/mol. The summed E-state index contributed by atoms with van der Waals surface area (Å²) < 4.78 is 61.4. The Hall–Kier alpha value is -1.28. The predicted octanol–water partition coefficient (Wildman–Crippen LogP) is 3.02. The van der Waals surface area contributed by atoms with Gasteiger partial charge in [-0.2, -0.15) is 13.2 Å². The summed E-state index contributed by atoms with van der Waals surface area (Å²) in [5.41, 5.74) is 0.792. The van der Waals surface area contributed by atoms with Crippen LogP contribution in [-0.4, -0.2) is 27.5 Å². The van der Waals surface area contributed by atoms with E-state index < -0.39 is 26.0 Å². The van der Waals surface area contributed by atoms with Crippen molar-refractivity contribution in [3.63, 3.8) is 0 Å². The lowest BCUT2D eigenvalue weighted by atomic mass is 9.91. The molecular formula is C13H13ClF3NO3S. The van der Waals surface area contributed by atoms with E-state index in [1.807, 2.05) is 0 Å². The zero-order chi connectivity index (χ0) is 16.7. The maximum atomic E-state index is 12.6. The molecule has 0 N–H and O–H groups in total. The number of alkyl halides is 3. The van der Waals surface area contributed by atoms with Gasteiger partial charge in [-0.15, -0.1) is 0 Å². The first kappa shape index (κ1) is 17.1. The van der Waals surface area contributed by atoms with Crippen LogP contribution in [0, 0.1) is 0 Å². The van der Waals surface area contributed by atoms with Gasteiger partial charge in [0.25, 0.3) is 9.05 Å². The van der Waals surface area contributed by atoms with Crippen molar-refractivity contribution in [2.45, 2.75) is 36.8 Å². The predicted molar refractivity (Wildman–Crippen MR) is 75.6 cm³/mol. The Morgan fingerprint density at radius 3 is 2.36 bits per heavy atom. The summed E-state index contributed by atoms with van der Waals surface area (Å²) in [7, 11) is 2.01. The van der Waals surface area contributed by atoms with Gasteiger partial charge in [0.15, 0.2) is 0 Å². The zero-order valence-corrected chi connectivity index (χ0v) is 13.1. The second-order valence-corrected chi connectivity index (χ2v) is 7.56. The molecule has 22 heavy (non-hydrogen) atoms. The van der Waals surface area contributed by atoms with Crippen molar-refractivity contribution in [1.29, 1.82) is 0 Å². The van der Waals surface area contributed by atoms with Gasteiger partial charge >= 0.3 is 12.1 Å². The Morgan fingerprint density at radius 1 is 1.23 bits per heavy atom. The molecule has 0 bridgehead atoms. The number of carbonyl (C=O) groups is 1. The second-order valence-electron chi connectivity index (χ2n) is 5.06. The first-order valence-corrected chi connectivity index (χ1v) is 8.78. The largest absolute Gasteiger partial charge is 0.471 e. The highest BCUT2D eigenvalue weighted by Gasteiger charge is 2.43. The molecular weight excluding hydrogens is 343 g/mol. The summed E-state index contributed by atoms with van der Waals surface area (Å²) in [6.07, 6.45) is -2.49. The number of benzene rings is 1. The summed E-state index contributed by atoms with van der Waals surface area (Å²) in [5.74, 6) is -2.15. The Labute approximate surface area is 130 Å². The van der Waals surface area contributed by atoms with Crippen molar-refractivity contribution >= 4 is 31.3 Å². The van der Waals surface area contributed by atoms with Crippen LogP contribution in [0.15, 0.2) is 17.0 Å². The molecule has 1 aromatic rings. The van der Waals surface area contributed by atoms with Crippen molar-refractivity contribution in [3.05, 3.63) is 23.3 Å². The number of halogens is 4. The third-order valence-corrected chi connectivity index (χ3v) is 5.02. The molecule has 0 saturated carbocycles. The number of hydrogen-bond acceptors (Lipinski definition) is 3. The Kier molecular flexibility index (Phi) is 4.45. The van der Waals surface area contributed by atoms with E-state index in [2.05, 4.69) is 0 Å². The van der Waals surface area contributed by atoms with Gasteiger partial charge in [0.05, 0.1) is 5.69 Å². The average Bonchev–Trinajstić information content (AvgIpc) is 2.42. The van der Waals surface area contributed by atoms with Crippen LogP contribution in [0.3, 0.4) is 0 Å². The maximum Gasteiger partial charge on any atom is 0.471 e. The number of carbonyl (C=O) groups excluding carboxylic acids is 1. The molecule has 0 aliphatic heterocycles. The Morgan fingerprint density at radius 2 is 1.82 bits per heavy atom. The van der Waals surface area contributed by atoms with E-state index in [1.165, 1.54) is 6.07 Å². The van der Waals surface area contributed by atoms with Crippen molar-refractivity contribution in [1.82, 2.24) is 0 Å². The zero-order valence-electron chi connectivity index (χ0n) is 11.6. The van der Waals surface area contributed by atoms with E-state index in [1.54, 1.807) is 6.07 Å². The number of rotatable bonds is 2. The molecule has 0 heterocycles. The van der Waals surface area contributed by atoms with E-state index in [4.69, 9.17) is 10.7 Å². The second kappa shape index (κ2) is 5.73. The summed E-state index contributed by atoms with van der Waals surface area (Å²) in [4.78, 5) is 11.3. The van der Waals surface area contributed by atoms with E-state index in [9.17, 15) is 26.4 Å². The molecule has 4 nitrogen and oxygen atoms in total. The van der Waals surface area contributed by atoms with Gasteiger partial charge < -0.3 is 4.90 Å². The van der Waals surface area contributed by atoms with Crippen LogP contribution < -0.4 is 4.90 Å². The summed E-state index contributed by atoms with van der Waals surface area (Å²) in [6.45, 7) is 0. The van der Waals surface area contributed by atoms with Crippen LogP contribution >= 0.6 is 10.7 Å². The third kappa shape index (κ3) is 3.22. The summed E-state index contributed by atoms with van der Waals surface area (Å²) >= 11 is 0. The minimum atomic E-state index is -5.10. The molecule has 0 radical (unpaired) electrons. The molecule has 1 amide bonds. The van der Waals surface area contributed by atoms with Crippen molar-refractivity contribution in [2.24, 2.45) is 0 Å². The number of amides is 1. The molecule has 0 aromatic heterocycles. The number of hydrogen-bond donors (Lipinski definition) is 0. The van der Waals surface area contributed by atoms with Gasteiger partial charge in [0.1, 0.15) is 4.90 Å². The molecule has 0 atom stereocenters. The summed E-state index contributed by atoms with van der Waals surface area (Å²) in [6, 6.07) is 2.75. The van der Waals surface area contributed by atoms with E-state index in [-0.39, 0.29) is 10.6 Å². The van der Waals surface area contributed by atoms with Crippen molar-refractivity contribution < 1.29 is 26.4 Å². The van der Waals surface area contributed by atoms with Crippen molar-refractivity contribution in [3.8, 4) is 0 Å². The first-order valence-electron chi connectivity index (χ1n) is 6.48. The minimum absolute atomic E-state index is 0.282. The fourth-order valence-electron chi connectivity index (χ4n) is 2.62. The molecule has 1 aliphatic rings. The van der Waals surface area contributed by atoms with Crippen LogP contribution in [0.2, 0.25) is 0 Å². The fraction of sp³-hybridized carbons (Fsp3) is 0.462. The lowest BCUT2D eigenvalue weighted by molar-refractivity contribution is -0.170. The molecule has 0 fully saturated rings. The van der Waals surface area contributed by atoms with Crippen LogP contribution in [0.25, 0.3) is 0 Å². The van der Waals surface area contributed by atoms with E-state index >= 15 is 0 Å². The number of nitrogens with zero attached hydrogens (tertiary/aromatic N) is 1. The first-order chi connectivity index (χ1) is 10.0. The molecule has 2 rings (SSSR count). The Bertz CT molecular complexity index is 716. The van der Waals surface area contributed by atoms with Gasteiger partial charge in [-0.1, -0.05) is 6.07 Å². The van der Waals surface area contributed by atoms with Gasteiger partial charge in [-0.3, -0.25) is 4.79 Å². The highest BCUT2D eigenvalue weighted by Crippen LogP contribution is 2.37. The topological polar surface area (TPSA) is 54.5 Å². The quantitative estimate of drug-likeness (QED) is 0.766. The Balaban J connectivity index is 2.64. The molecule has 9 heteroatoms. The number of aryl methyl sites for hydroxylation is 1. The van der Waals surface area contributed by atoms with Crippen LogP contribution in [0.1, 0.15) is 24.0 Å². The molecule has 1 aliphatic carbocycles. The highest BCUT2D eigenvalue weighted by molar-refractivity contribution is 8.14. The normalized spacial score (nSPS) is 15.3. The molecule has 0 unspecified atom stereocenters. The van der Waals surface area contributed by atoms with Gasteiger partial charge in [-0.05, 0) is 42.9 Å². The van der Waals surface area contributed by atoms with Gasteiger partial charge in [0, 0.05) is 17.7 Å². The van der Waals surface area contributed by atoms with Crippen molar-refractivity contribution in [2.75, 3.05) is 11.9 Å². The van der Waals surface area contributed by atoms with E-state index in [0.717, 1.165) is 19.0 Å². The number of anilines is 1. The minimum Gasteiger partial charge on any atom is -0.306 e. The standard InChI is InChI=1S/C13H13ClF3NO3S/c1-18(12(19)13(15,16)17)10-7-6-8-4-2-3-5-9(8)11(10)22(14,20)21/h6-7H,2-5H2,1H3. The molecule has 122 valence electrons. The third-order valence-electron chi connectivity index (χ3n) is 3.61. The SMILES string of the molecule is CN(C(=O)C(F)(F)F)c1ccc2c(c1S(=O)(=O)Cl)CCCC2. The molecule has 0 spiro atoms. The van der Waals surface area contributed by atoms with Crippen LogP contribution in [0.4, 0.5) is 18.9 Å². The van der Waals surface area contributed by atoms with Crippen LogP contribution in [0.5, 0.6) is 0 Å². The lowest BCUT2D eigenvalue weighted by Gasteiger charge is -2.25. The summed E-state index contributed by atoms with van der Waals surface area (Å²) in [5, 5.41) is 0. The molecule has 1 aromatic carbocycles. The van der Waals surface area contributed by atoms with Crippen LogP contribution in [-0.2, 0) is 26.7 Å². The van der Waals surface area contributed by atoms with Gasteiger partial charge in [0.2, 0.25) is 0 Å².